The fourth-order valence-corrected chi connectivity index (χ4v) is 4.49. The molecule has 3 aromatic rings. The van der Waals surface area contributed by atoms with E-state index in [1.165, 1.54) is 9.71 Å². The van der Waals surface area contributed by atoms with Crippen LogP contribution >= 0.6 is 11.3 Å². The normalized spacial score (nSPS) is 17.3. The molecule has 4 nitrogen and oxygen atoms in total. The topological polar surface area (TPSA) is 42.4 Å². The molecule has 0 spiro atoms. The van der Waals surface area contributed by atoms with Crippen LogP contribution in [-0.4, -0.2) is 35.5 Å². The van der Waals surface area contributed by atoms with Crippen LogP contribution in [0, 0.1) is 0 Å². The number of hydrogen-bond acceptors (Lipinski definition) is 4. The Morgan fingerprint density at radius 1 is 1.11 bits per heavy atom. The zero-order valence-corrected chi connectivity index (χ0v) is 16.2. The molecule has 27 heavy (non-hydrogen) atoms. The average molecular weight is 381 g/mol. The molecule has 1 amide bonds. The Bertz CT molecular complexity index is 860. The molecule has 1 saturated heterocycles. The second-order valence-corrected chi connectivity index (χ2v) is 8.01. The van der Waals surface area contributed by atoms with Crippen molar-refractivity contribution in [2.24, 2.45) is 0 Å². The number of thiazole rings is 1. The van der Waals surface area contributed by atoms with Crippen molar-refractivity contribution in [3.8, 4) is 0 Å². The van der Waals surface area contributed by atoms with Crippen molar-refractivity contribution in [2.75, 3.05) is 19.7 Å². The van der Waals surface area contributed by atoms with Crippen molar-refractivity contribution < 1.29 is 9.53 Å². The largest absolute Gasteiger partial charge is 0.370 e. The molecular formula is C22H24N2O2S. The van der Waals surface area contributed by atoms with E-state index < -0.39 is 0 Å². The van der Waals surface area contributed by atoms with Crippen LogP contribution in [0.4, 0.5) is 0 Å². The monoisotopic (exact) mass is 380 g/mol. The molecule has 140 valence electrons. The highest BCUT2D eigenvalue weighted by molar-refractivity contribution is 7.18. The van der Waals surface area contributed by atoms with E-state index in [0.29, 0.717) is 26.1 Å². The Kier molecular flexibility index (Phi) is 5.80. The van der Waals surface area contributed by atoms with Crippen molar-refractivity contribution in [1.82, 2.24) is 9.88 Å². The van der Waals surface area contributed by atoms with E-state index in [1.807, 2.05) is 35.2 Å². The molecule has 0 aliphatic carbocycles. The number of rotatable bonds is 6. The van der Waals surface area contributed by atoms with Crippen LogP contribution in [0.1, 0.15) is 35.9 Å². The summed E-state index contributed by atoms with van der Waals surface area (Å²) >= 11 is 1.76. The summed E-state index contributed by atoms with van der Waals surface area (Å²) in [7, 11) is 0. The minimum atomic E-state index is -0.00773. The zero-order valence-electron chi connectivity index (χ0n) is 15.3. The van der Waals surface area contributed by atoms with E-state index in [2.05, 4.69) is 29.2 Å². The number of fused-ring (bicyclic) bond motifs is 1. The molecule has 0 unspecified atom stereocenters. The summed E-state index contributed by atoms with van der Waals surface area (Å²) in [5.74, 6) is 0.239. The van der Waals surface area contributed by atoms with E-state index in [0.717, 1.165) is 30.3 Å². The summed E-state index contributed by atoms with van der Waals surface area (Å²) in [5, 5.41) is 1.17. The van der Waals surface area contributed by atoms with Gasteiger partial charge in [0, 0.05) is 13.0 Å². The van der Waals surface area contributed by atoms with Crippen molar-refractivity contribution in [3.63, 3.8) is 0 Å². The number of ether oxygens (including phenoxy) is 1. The number of carbonyl (C=O) groups is 1. The van der Waals surface area contributed by atoms with Gasteiger partial charge in [-0.25, -0.2) is 4.98 Å². The fraction of sp³-hybridized carbons (Fsp3) is 0.364. The summed E-state index contributed by atoms with van der Waals surface area (Å²) in [6, 6.07) is 18.4. The number of benzene rings is 2. The van der Waals surface area contributed by atoms with Crippen LogP contribution in [0.2, 0.25) is 0 Å². The maximum Gasteiger partial charge on any atom is 0.222 e. The lowest BCUT2D eigenvalue weighted by atomic mass is 10.1. The molecule has 2 aromatic carbocycles. The van der Waals surface area contributed by atoms with Crippen LogP contribution in [0.5, 0.6) is 0 Å². The van der Waals surface area contributed by atoms with Crippen LogP contribution < -0.4 is 0 Å². The maximum absolute atomic E-state index is 12.6. The number of unbranched alkanes of at least 4 members (excludes halogenated alkanes) is 1. The first-order chi connectivity index (χ1) is 13.3. The van der Waals surface area contributed by atoms with E-state index in [1.54, 1.807) is 11.3 Å². The molecule has 2 heterocycles. The lowest BCUT2D eigenvalue weighted by Gasteiger charge is -2.33. The molecule has 5 heteroatoms. The number of aryl methyl sites for hydroxylation is 1. The van der Waals surface area contributed by atoms with Crippen molar-refractivity contribution in [2.45, 2.75) is 31.8 Å². The minimum absolute atomic E-state index is 0.00773. The number of para-hydroxylation sites is 1. The number of aromatic nitrogens is 1. The second kappa shape index (κ2) is 8.63. The van der Waals surface area contributed by atoms with E-state index in [4.69, 9.17) is 4.74 Å². The summed E-state index contributed by atoms with van der Waals surface area (Å²) in [5.41, 5.74) is 2.22. The highest BCUT2D eigenvalue weighted by Crippen LogP contribution is 2.24. The molecule has 1 aliphatic rings. The Morgan fingerprint density at radius 3 is 2.78 bits per heavy atom. The van der Waals surface area contributed by atoms with Crippen LogP contribution in [0.3, 0.4) is 0 Å². The number of carbonyl (C=O) groups excluding carboxylic acids is 1. The molecule has 4 rings (SSSR count). The van der Waals surface area contributed by atoms with Gasteiger partial charge in [-0.15, -0.1) is 11.3 Å². The SMILES string of the molecule is O=C(CCCCc1nc2ccccc2s1)N1CCO[C@H](c2ccccc2)C1. The summed E-state index contributed by atoms with van der Waals surface area (Å²) in [6.07, 6.45) is 3.45. The van der Waals surface area contributed by atoms with E-state index in [-0.39, 0.29) is 12.0 Å². The van der Waals surface area contributed by atoms with E-state index >= 15 is 0 Å². The van der Waals surface area contributed by atoms with Gasteiger partial charge in [0.25, 0.3) is 0 Å². The van der Waals surface area contributed by atoms with Crippen molar-refractivity contribution in [3.05, 3.63) is 65.2 Å². The Balaban J connectivity index is 1.24. The molecule has 1 fully saturated rings. The predicted molar refractivity (Wildman–Crippen MR) is 109 cm³/mol. The first kappa shape index (κ1) is 18.1. The Hall–Kier alpha value is -2.24. The fourth-order valence-electron chi connectivity index (χ4n) is 3.48. The van der Waals surface area contributed by atoms with Crippen LogP contribution in [0.25, 0.3) is 10.2 Å². The third-order valence-corrected chi connectivity index (χ3v) is 6.06. The van der Waals surface area contributed by atoms with Crippen molar-refractivity contribution in [1.29, 1.82) is 0 Å². The van der Waals surface area contributed by atoms with Gasteiger partial charge >= 0.3 is 0 Å². The Morgan fingerprint density at radius 2 is 1.93 bits per heavy atom. The minimum Gasteiger partial charge on any atom is -0.370 e. The summed E-state index contributed by atoms with van der Waals surface area (Å²) in [6.45, 7) is 1.96. The molecule has 0 radical (unpaired) electrons. The second-order valence-electron chi connectivity index (χ2n) is 6.89. The molecule has 0 saturated carbocycles. The van der Waals surface area contributed by atoms with Gasteiger partial charge < -0.3 is 9.64 Å². The first-order valence-electron chi connectivity index (χ1n) is 9.58. The van der Waals surface area contributed by atoms with Gasteiger partial charge in [-0.1, -0.05) is 42.5 Å². The molecule has 0 N–H and O–H groups in total. The highest BCUT2D eigenvalue weighted by Gasteiger charge is 2.24. The lowest BCUT2D eigenvalue weighted by Crippen LogP contribution is -2.42. The van der Waals surface area contributed by atoms with Gasteiger partial charge in [0.2, 0.25) is 5.91 Å². The van der Waals surface area contributed by atoms with Crippen molar-refractivity contribution >= 4 is 27.5 Å². The molecule has 1 aliphatic heterocycles. The number of hydrogen-bond donors (Lipinski definition) is 0. The lowest BCUT2D eigenvalue weighted by molar-refractivity contribution is -0.139. The number of amides is 1. The number of morpholine rings is 1. The maximum atomic E-state index is 12.6. The summed E-state index contributed by atoms with van der Waals surface area (Å²) in [4.78, 5) is 19.2. The smallest absolute Gasteiger partial charge is 0.222 e. The van der Waals surface area contributed by atoms with Gasteiger partial charge in [-0.3, -0.25) is 4.79 Å². The molecule has 1 aromatic heterocycles. The molecule has 1 atom stereocenters. The van der Waals surface area contributed by atoms with E-state index in [9.17, 15) is 4.79 Å². The summed E-state index contributed by atoms with van der Waals surface area (Å²) < 4.78 is 7.10. The third-order valence-electron chi connectivity index (χ3n) is 4.96. The average Bonchev–Trinajstić information content (AvgIpc) is 3.15. The molecular weight excluding hydrogens is 356 g/mol. The van der Waals surface area contributed by atoms with Crippen LogP contribution in [0.15, 0.2) is 54.6 Å². The van der Waals surface area contributed by atoms with Gasteiger partial charge in [0.15, 0.2) is 0 Å². The molecule has 0 bridgehead atoms. The third kappa shape index (κ3) is 4.54. The predicted octanol–water partition coefficient (Wildman–Crippen LogP) is 4.61. The van der Waals surface area contributed by atoms with Gasteiger partial charge in [-0.2, -0.15) is 0 Å². The van der Waals surface area contributed by atoms with Crippen LogP contribution in [-0.2, 0) is 16.0 Å². The first-order valence-corrected chi connectivity index (χ1v) is 10.4. The number of nitrogens with zero attached hydrogens (tertiary/aromatic N) is 2. The quantitative estimate of drug-likeness (QED) is 0.587. The Labute approximate surface area is 163 Å². The van der Waals surface area contributed by atoms with Gasteiger partial charge in [-0.05, 0) is 37.0 Å². The van der Waals surface area contributed by atoms with Gasteiger partial charge in [0.05, 0.1) is 28.4 Å². The van der Waals surface area contributed by atoms with Gasteiger partial charge in [0.1, 0.15) is 6.10 Å². The zero-order chi connectivity index (χ0) is 18.5. The standard InChI is InChI=1S/C22H24N2O2S/c25-22(24-14-15-26-19(16-24)17-8-2-1-3-9-17)13-7-6-12-21-23-18-10-4-5-11-20(18)27-21/h1-5,8-11,19H,6-7,12-16H2/t19-/m0/s1. The highest BCUT2D eigenvalue weighted by atomic mass is 32.1.